The monoisotopic (exact) mass is 611 g/mol. The summed E-state index contributed by atoms with van der Waals surface area (Å²) in [5, 5.41) is 12.6. The summed E-state index contributed by atoms with van der Waals surface area (Å²) in [5.74, 6) is -0.0637. The fraction of sp³-hybridized carbons (Fsp3) is 0.517. The molecule has 42 heavy (non-hydrogen) atoms. The zero-order chi connectivity index (χ0) is 30.9. The molecule has 230 valence electrons. The number of piperidine rings is 1. The summed E-state index contributed by atoms with van der Waals surface area (Å²) in [6.07, 6.45) is -1.84. The van der Waals surface area contributed by atoms with Crippen LogP contribution in [0.2, 0.25) is 0 Å². The van der Waals surface area contributed by atoms with Crippen LogP contribution in [-0.2, 0) is 16.0 Å². The zero-order valence-corrected chi connectivity index (χ0v) is 24.6. The van der Waals surface area contributed by atoms with Gasteiger partial charge in [0.25, 0.3) is 5.91 Å². The van der Waals surface area contributed by atoms with Crippen molar-refractivity contribution < 1.29 is 41.0 Å². The molecule has 3 amide bonds. The molecule has 1 atom stereocenters. The van der Waals surface area contributed by atoms with Crippen molar-refractivity contribution in [1.82, 2.24) is 9.80 Å². The van der Waals surface area contributed by atoms with Gasteiger partial charge in [-0.25, -0.2) is 13.2 Å². The summed E-state index contributed by atoms with van der Waals surface area (Å²) in [7, 11) is -3.27. The number of aliphatic hydroxyl groups is 1. The summed E-state index contributed by atoms with van der Waals surface area (Å²) in [5.41, 5.74) is -1.69. The summed E-state index contributed by atoms with van der Waals surface area (Å²) >= 11 is 0. The Kier molecular flexibility index (Phi) is 9.12. The van der Waals surface area contributed by atoms with Crippen LogP contribution < -0.4 is 10.1 Å². The highest BCUT2D eigenvalue weighted by molar-refractivity contribution is 7.91. The lowest BCUT2D eigenvalue weighted by molar-refractivity contribution is -0.137. The number of halogens is 3. The second kappa shape index (κ2) is 12.1. The number of amides is 3. The maximum absolute atomic E-state index is 13.7. The fourth-order valence-corrected chi connectivity index (χ4v) is 6.42. The molecular weight excluding hydrogens is 575 g/mol. The molecule has 0 saturated carbocycles. The predicted molar refractivity (Wildman–Crippen MR) is 151 cm³/mol. The van der Waals surface area contributed by atoms with E-state index in [9.17, 15) is 36.3 Å². The molecule has 4 rings (SSSR count). The maximum atomic E-state index is 13.7. The normalized spacial score (nSPS) is 19.2. The second-order valence-electron chi connectivity index (χ2n) is 11.6. The Morgan fingerprint density at radius 1 is 1.05 bits per heavy atom. The van der Waals surface area contributed by atoms with Crippen molar-refractivity contribution in [1.29, 1.82) is 0 Å². The van der Waals surface area contributed by atoms with Crippen LogP contribution in [0.15, 0.2) is 42.5 Å². The first kappa shape index (κ1) is 31.6. The molecule has 13 heteroatoms. The van der Waals surface area contributed by atoms with Gasteiger partial charge >= 0.3 is 12.2 Å². The molecule has 1 unspecified atom stereocenters. The fourth-order valence-electron chi connectivity index (χ4n) is 5.43. The van der Waals surface area contributed by atoms with Crippen LogP contribution >= 0.6 is 0 Å². The lowest BCUT2D eigenvalue weighted by atomic mass is 9.84. The molecule has 2 fully saturated rings. The number of alkyl halides is 3. The minimum Gasteiger partial charge on any atom is -0.457 e. The van der Waals surface area contributed by atoms with Crippen molar-refractivity contribution >= 4 is 27.5 Å². The lowest BCUT2D eigenvalue weighted by Crippen LogP contribution is -2.48. The second-order valence-corrected chi connectivity index (χ2v) is 13.9. The van der Waals surface area contributed by atoms with Crippen LogP contribution in [0.25, 0.3) is 0 Å². The Morgan fingerprint density at radius 3 is 2.24 bits per heavy atom. The van der Waals surface area contributed by atoms with Gasteiger partial charge in [-0.2, -0.15) is 13.2 Å². The smallest absolute Gasteiger partial charge is 0.416 e. The lowest BCUT2D eigenvalue weighted by Gasteiger charge is -2.39. The third kappa shape index (κ3) is 7.94. The largest absolute Gasteiger partial charge is 0.457 e. The van der Waals surface area contributed by atoms with E-state index >= 15 is 0 Å². The van der Waals surface area contributed by atoms with Crippen molar-refractivity contribution in [2.24, 2.45) is 5.92 Å². The number of rotatable bonds is 7. The standard InChI is InChI=1S/C29H36F3N3O6S/c1-19(2)17-28(38)9-12-34(13-10-28)27(37)33-22-14-21(29(30,31)32)15-24(16-22)41-23-6-4-20(5-7-23)26(36)35-11-8-25(18-35)42(3,39)40/h4-7,14-16,19,25,38H,8-13,17-18H2,1-3H3,(H,33,37). The number of nitrogens with one attached hydrogen (secondary N) is 1. The van der Waals surface area contributed by atoms with E-state index in [-0.39, 0.29) is 54.2 Å². The van der Waals surface area contributed by atoms with Gasteiger partial charge in [-0.1, -0.05) is 13.8 Å². The van der Waals surface area contributed by atoms with Crippen LogP contribution in [0.4, 0.5) is 23.7 Å². The topological polar surface area (TPSA) is 116 Å². The van der Waals surface area contributed by atoms with Gasteiger partial charge in [0.1, 0.15) is 11.5 Å². The van der Waals surface area contributed by atoms with E-state index in [4.69, 9.17) is 4.74 Å². The molecule has 2 aliphatic heterocycles. The number of carbonyl (C=O) groups is 2. The summed E-state index contributed by atoms with van der Waals surface area (Å²) in [4.78, 5) is 28.6. The molecule has 0 radical (unpaired) electrons. The van der Waals surface area contributed by atoms with Crippen LogP contribution in [0.5, 0.6) is 11.5 Å². The molecule has 0 aromatic heterocycles. The number of hydrogen-bond acceptors (Lipinski definition) is 6. The highest BCUT2D eigenvalue weighted by Crippen LogP contribution is 2.36. The Morgan fingerprint density at radius 2 is 1.69 bits per heavy atom. The van der Waals surface area contributed by atoms with Gasteiger partial charge in [-0.3, -0.25) is 4.79 Å². The average Bonchev–Trinajstić information content (AvgIpc) is 3.39. The van der Waals surface area contributed by atoms with Gasteiger partial charge in [0.15, 0.2) is 9.84 Å². The van der Waals surface area contributed by atoms with Gasteiger partial charge in [0.05, 0.1) is 16.4 Å². The Labute approximate surface area is 243 Å². The van der Waals surface area contributed by atoms with Crippen molar-refractivity contribution in [3.05, 3.63) is 53.6 Å². The third-order valence-corrected chi connectivity index (χ3v) is 9.23. The number of hydrogen-bond donors (Lipinski definition) is 2. The van der Waals surface area contributed by atoms with Crippen molar-refractivity contribution in [2.75, 3.05) is 37.8 Å². The molecule has 2 heterocycles. The number of ether oxygens (including phenoxy) is 1. The van der Waals surface area contributed by atoms with Gasteiger partial charge in [0, 0.05) is 49.8 Å². The maximum Gasteiger partial charge on any atom is 0.416 e. The molecule has 0 spiro atoms. The molecule has 0 aliphatic carbocycles. The quantitative estimate of drug-likeness (QED) is 0.447. The predicted octanol–water partition coefficient (Wildman–Crippen LogP) is 5.16. The molecule has 2 saturated heterocycles. The number of nitrogens with zero attached hydrogens (tertiary/aromatic N) is 2. The number of likely N-dealkylation sites (tertiary alicyclic amines) is 2. The van der Waals surface area contributed by atoms with Crippen molar-refractivity contribution in [3.63, 3.8) is 0 Å². The van der Waals surface area contributed by atoms with Crippen LogP contribution in [0, 0.1) is 5.92 Å². The van der Waals surface area contributed by atoms with E-state index in [0.29, 0.717) is 32.2 Å². The molecule has 0 bridgehead atoms. The highest BCUT2D eigenvalue weighted by Gasteiger charge is 2.36. The van der Waals surface area contributed by atoms with E-state index in [0.717, 1.165) is 18.4 Å². The van der Waals surface area contributed by atoms with E-state index in [1.165, 1.54) is 40.1 Å². The number of anilines is 1. The number of carbonyl (C=O) groups excluding carboxylic acids is 2. The van der Waals surface area contributed by atoms with E-state index in [1.807, 2.05) is 13.8 Å². The molecule has 2 aromatic carbocycles. The Bertz CT molecular complexity index is 1400. The van der Waals surface area contributed by atoms with Gasteiger partial charge in [0.2, 0.25) is 0 Å². The number of benzene rings is 2. The first-order valence-electron chi connectivity index (χ1n) is 13.8. The van der Waals surface area contributed by atoms with Crippen molar-refractivity contribution in [3.8, 4) is 11.5 Å². The van der Waals surface area contributed by atoms with Gasteiger partial charge in [-0.15, -0.1) is 0 Å². The van der Waals surface area contributed by atoms with E-state index < -0.39 is 38.5 Å². The summed E-state index contributed by atoms with van der Waals surface area (Å²) < 4.78 is 70.3. The molecule has 2 aromatic rings. The van der Waals surface area contributed by atoms with Crippen LogP contribution in [-0.4, -0.2) is 78.5 Å². The Balaban J connectivity index is 1.44. The number of sulfone groups is 1. The zero-order valence-electron chi connectivity index (χ0n) is 23.8. The molecule has 2 N–H and O–H groups in total. The molecule has 9 nitrogen and oxygen atoms in total. The molecule has 2 aliphatic rings. The Hall–Kier alpha value is -3.32. The van der Waals surface area contributed by atoms with Crippen molar-refractivity contribution in [2.45, 2.75) is 56.6 Å². The van der Waals surface area contributed by atoms with Gasteiger partial charge < -0.3 is 25.0 Å². The summed E-state index contributed by atoms with van der Waals surface area (Å²) in [6, 6.07) is 8.12. The summed E-state index contributed by atoms with van der Waals surface area (Å²) in [6.45, 7) is 4.97. The third-order valence-electron chi connectivity index (χ3n) is 7.63. The first-order valence-corrected chi connectivity index (χ1v) is 15.7. The average molecular weight is 612 g/mol. The minimum absolute atomic E-state index is 0.102. The highest BCUT2D eigenvalue weighted by atomic mass is 32.2. The first-order chi connectivity index (χ1) is 19.5. The molecular formula is C29H36F3N3O6S. The van der Waals surface area contributed by atoms with Crippen LogP contribution in [0.1, 0.15) is 55.5 Å². The SMILES string of the molecule is CC(C)CC1(O)CCN(C(=O)Nc2cc(Oc3ccc(C(=O)N4CCC(S(C)(=O)=O)C4)cc3)cc(C(F)(F)F)c2)CC1. The van der Waals surface area contributed by atoms with E-state index in [1.54, 1.807) is 0 Å². The van der Waals surface area contributed by atoms with Gasteiger partial charge in [-0.05, 0) is 68.0 Å². The van der Waals surface area contributed by atoms with Crippen LogP contribution in [0.3, 0.4) is 0 Å². The van der Waals surface area contributed by atoms with E-state index in [2.05, 4.69) is 5.32 Å². The number of urea groups is 1. The minimum atomic E-state index is -4.70.